The Balaban J connectivity index is 1.53. The molecular weight excluding hydrogens is 480 g/mol. The topological polar surface area (TPSA) is 99.5 Å². The number of hydrogen-bond acceptors (Lipinski definition) is 6. The van der Waals surface area contributed by atoms with Crippen LogP contribution in [0.2, 0.25) is 0 Å². The average molecular weight is 506 g/mol. The molecule has 186 valence electrons. The Morgan fingerprint density at radius 2 is 2.17 bits per heavy atom. The van der Waals surface area contributed by atoms with Crippen LogP contribution in [0.3, 0.4) is 0 Å². The normalized spacial score (nSPS) is 23.7. The molecule has 2 aromatic heterocycles. The Kier molecular flexibility index (Phi) is 6.00. The molecular formula is C24H25F2N3O5S. The van der Waals surface area contributed by atoms with Crippen molar-refractivity contribution in [1.29, 1.82) is 0 Å². The minimum absolute atomic E-state index is 0.0318. The number of carbonyl (C=O) groups is 1. The van der Waals surface area contributed by atoms with E-state index in [0.29, 0.717) is 47.4 Å². The second-order valence-corrected chi connectivity index (χ2v) is 11.5. The lowest BCUT2D eigenvalue weighted by atomic mass is 10.0. The van der Waals surface area contributed by atoms with Gasteiger partial charge in [0.1, 0.15) is 5.75 Å². The molecule has 0 spiro atoms. The van der Waals surface area contributed by atoms with Crippen molar-refractivity contribution >= 4 is 26.8 Å². The molecule has 0 radical (unpaired) electrons. The van der Waals surface area contributed by atoms with Gasteiger partial charge in [-0.1, -0.05) is 12.1 Å². The fourth-order valence-corrected chi connectivity index (χ4v) is 6.89. The number of benzene rings is 1. The van der Waals surface area contributed by atoms with Gasteiger partial charge in [-0.05, 0) is 43.5 Å². The fraction of sp³-hybridized carbons (Fsp3) is 0.417. The highest BCUT2D eigenvalue weighted by atomic mass is 32.2. The summed E-state index contributed by atoms with van der Waals surface area (Å²) in [6.07, 6.45) is 4.48. The van der Waals surface area contributed by atoms with Gasteiger partial charge in [-0.25, -0.2) is 8.42 Å². The van der Waals surface area contributed by atoms with Crippen molar-refractivity contribution in [2.24, 2.45) is 0 Å². The molecule has 5 rings (SSSR count). The monoisotopic (exact) mass is 505 g/mol. The number of sulfone groups is 1. The smallest absolute Gasteiger partial charge is 0.387 e. The average Bonchev–Trinajstić information content (AvgIpc) is 3.50. The van der Waals surface area contributed by atoms with E-state index in [4.69, 9.17) is 4.74 Å². The van der Waals surface area contributed by atoms with E-state index in [9.17, 15) is 22.0 Å². The van der Waals surface area contributed by atoms with Crippen LogP contribution in [-0.2, 0) is 14.6 Å². The zero-order valence-electron chi connectivity index (χ0n) is 19.0. The van der Waals surface area contributed by atoms with E-state index in [0.717, 1.165) is 6.42 Å². The lowest BCUT2D eigenvalue weighted by Crippen LogP contribution is -2.46. The number of rotatable bonds is 6. The minimum atomic E-state index is -3.18. The van der Waals surface area contributed by atoms with Crippen LogP contribution >= 0.6 is 0 Å². The Morgan fingerprint density at radius 1 is 1.34 bits per heavy atom. The maximum absolute atomic E-state index is 13.0. The summed E-state index contributed by atoms with van der Waals surface area (Å²) in [6, 6.07) is 8.16. The largest absolute Gasteiger partial charge is 0.435 e. The van der Waals surface area contributed by atoms with Gasteiger partial charge in [0.15, 0.2) is 9.84 Å². The number of carbonyl (C=O) groups excluding carboxylic acids is 1. The SMILES string of the molecule is CC1(NC(=O)c2cnc3c(-c4cccc(OC(F)F)c4)cn(C4CCOC4)c3c2)CCS(=O)(=O)C1. The van der Waals surface area contributed by atoms with Gasteiger partial charge in [-0.2, -0.15) is 8.78 Å². The molecule has 2 fully saturated rings. The predicted molar refractivity (Wildman–Crippen MR) is 125 cm³/mol. The van der Waals surface area contributed by atoms with E-state index in [1.54, 1.807) is 25.1 Å². The van der Waals surface area contributed by atoms with E-state index in [-0.39, 0.29) is 23.3 Å². The number of pyridine rings is 1. The highest BCUT2D eigenvalue weighted by molar-refractivity contribution is 7.91. The number of ether oxygens (including phenoxy) is 2. The molecule has 0 aliphatic carbocycles. The third-order valence-corrected chi connectivity index (χ3v) is 8.42. The summed E-state index contributed by atoms with van der Waals surface area (Å²) in [6.45, 7) is -0.0905. The number of alkyl halides is 2. The first-order valence-corrected chi connectivity index (χ1v) is 13.1. The molecule has 2 unspecified atom stereocenters. The van der Waals surface area contributed by atoms with Gasteiger partial charge in [0.25, 0.3) is 5.91 Å². The molecule has 2 aliphatic rings. The van der Waals surface area contributed by atoms with Crippen LogP contribution < -0.4 is 10.1 Å². The van der Waals surface area contributed by atoms with E-state index in [1.165, 1.54) is 18.3 Å². The molecule has 3 aromatic rings. The zero-order chi connectivity index (χ0) is 24.8. The first-order chi connectivity index (χ1) is 16.6. The molecule has 2 aliphatic heterocycles. The van der Waals surface area contributed by atoms with Gasteiger partial charge in [-0.3, -0.25) is 9.78 Å². The molecule has 2 saturated heterocycles. The lowest BCUT2D eigenvalue weighted by molar-refractivity contribution is -0.0498. The van der Waals surface area contributed by atoms with Gasteiger partial charge in [0.2, 0.25) is 0 Å². The summed E-state index contributed by atoms with van der Waals surface area (Å²) in [5, 5.41) is 2.87. The van der Waals surface area contributed by atoms with Gasteiger partial charge < -0.3 is 19.4 Å². The Hall–Kier alpha value is -3.05. The summed E-state index contributed by atoms with van der Waals surface area (Å²) in [5.74, 6) is -0.413. The van der Waals surface area contributed by atoms with Crippen LogP contribution in [0.15, 0.2) is 42.7 Å². The van der Waals surface area contributed by atoms with Crippen LogP contribution in [0.5, 0.6) is 5.75 Å². The minimum Gasteiger partial charge on any atom is -0.435 e. The van der Waals surface area contributed by atoms with Crippen molar-refractivity contribution in [2.75, 3.05) is 24.7 Å². The molecule has 4 heterocycles. The molecule has 1 aromatic carbocycles. The predicted octanol–water partition coefficient (Wildman–Crippen LogP) is 3.57. The van der Waals surface area contributed by atoms with Gasteiger partial charge in [0, 0.05) is 24.6 Å². The number of nitrogens with one attached hydrogen (secondary N) is 1. The Morgan fingerprint density at radius 3 is 2.86 bits per heavy atom. The van der Waals surface area contributed by atoms with Gasteiger partial charge in [0.05, 0.1) is 46.3 Å². The second-order valence-electron chi connectivity index (χ2n) is 9.32. The lowest BCUT2D eigenvalue weighted by Gasteiger charge is -2.23. The van der Waals surface area contributed by atoms with Crippen molar-refractivity contribution < 1.29 is 31.5 Å². The van der Waals surface area contributed by atoms with Crippen molar-refractivity contribution in [1.82, 2.24) is 14.9 Å². The molecule has 1 N–H and O–H groups in total. The van der Waals surface area contributed by atoms with Crippen LogP contribution in [0, 0.1) is 0 Å². The third kappa shape index (κ3) is 4.87. The molecule has 0 saturated carbocycles. The number of nitrogens with zero attached hydrogens (tertiary/aromatic N) is 2. The first kappa shape index (κ1) is 23.7. The maximum atomic E-state index is 13.0. The number of hydrogen-bond donors (Lipinski definition) is 1. The van der Waals surface area contributed by atoms with E-state index >= 15 is 0 Å². The number of amides is 1. The molecule has 35 heavy (non-hydrogen) atoms. The Labute approximate surface area is 201 Å². The van der Waals surface area contributed by atoms with E-state index < -0.39 is 27.9 Å². The van der Waals surface area contributed by atoms with Crippen molar-refractivity contribution in [3.05, 3.63) is 48.3 Å². The summed E-state index contributed by atoms with van der Waals surface area (Å²) < 4.78 is 61.4. The zero-order valence-corrected chi connectivity index (χ0v) is 19.9. The first-order valence-electron chi connectivity index (χ1n) is 11.3. The molecule has 11 heteroatoms. The maximum Gasteiger partial charge on any atom is 0.387 e. The van der Waals surface area contributed by atoms with Gasteiger partial charge >= 0.3 is 6.61 Å². The van der Waals surface area contributed by atoms with Crippen molar-refractivity contribution in [3.63, 3.8) is 0 Å². The second kappa shape index (κ2) is 8.87. The molecule has 2 atom stereocenters. The number of halogens is 2. The van der Waals surface area contributed by atoms with Crippen LogP contribution in [0.25, 0.3) is 22.2 Å². The summed E-state index contributed by atoms with van der Waals surface area (Å²) >= 11 is 0. The summed E-state index contributed by atoms with van der Waals surface area (Å²) in [7, 11) is -3.18. The summed E-state index contributed by atoms with van der Waals surface area (Å²) in [4.78, 5) is 17.6. The van der Waals surface area contributed by atoms with E-state index in [1.807, 2.05) is 10.8 Å². The number of fused-ring (bicyclic) bond motifs is 1. The highest BCUT2D eigenvalue weighted by Gasteiger charge is 2.39. The van der Waals surface area contributed by atoms with Crippen molar-refractivity contribution in [2.45, 2.75) is 38.0 Å². The molecule has 1 amide bonds. The fourth-order valence-electron chi connectivity index (χ4n) is 4.80. The Bertz CT molecular complexity index is 1390. The standard InChI is InChI=1S/C24H25F2N3O5S/c1-24(6-8-35(31,32)14-24)28-22(30)16-10-20-21(27-11-16)19(12-29(20)17-5-7-33-13-17)15-3-2-4-18(9-15)34-23(25)26/h2-4,9-12,17,23H,5-8,13-14H2,1H3,(H,28,30). The molecule has 0 bridgehead atoms. The van der Waals surface area contributed by atoms with Gasteiger partial charge in [-0.15, -0.1) is 0 Å². The molecule has 8 nitrogen and oxygen atoms in total. The highest BCUT2D eigenvalue weighted by Crippen LogP contribution is 2.35. The quantitative estimate of drug-likeness (QED) is 0.550. The van der Waals surface area contributed by atoms with E-state index in [2.05, 4.69) is 15.0 Å². The van der Waals surface area contributed by atoms with Crippen LogP contribution in [-0.4, -0.2) is 60.7 Å². The summed E-state index contributed by atoms with van der Waals surface area (Å²) in [5.41, 5.74) is 2.15. The van der Waals surface area contributed by atoms with Crippen LogP contribution in [0.1, 0.15) is 36.2 Å². The number of aromatic nitrogens is 2. The third-order valence-electron chi connectivity index (χ3n) is 6.52. The van der Waals surface area contributed by atoms with Crippen LogP contribution in [0.4, 0.5) is 8.78 Å². The van der Waals surface area contributed by atoms with Crippen molar-refractivity contribution in [3.8, 4) is 16.9 Å².